The van der Waals surface area contributed by atoms with Crippen LogP contribution in [0.5, 0.6) is 0 Å². The summed E-state index contributed by atoms with van der Waals surface area (Å²) >= 11 is 0. The molecule has 0 saturated heterocycles. The fraction of sp³-hybridized carbons (Fsp3) is 0.562. The van der Waals surface area contributed by atoms with Crippen molar-refractivity contribution in [2.24, 2.45) is 0 Å². The van der Waals surface area contributed by atoms with Gasteiger partial charge in [-0.15, -0.1) is 0 Å². The Morgan fingerprint density at radius 3 is 2.11 bits per heavy atom. The van der Waals surface area contributed by atoms with E-state index in [0.717, 1.165) is 5.56 Å². The average Bonchev–Trinajstić information content (AvgIpc) is 2.25. The number of amides is 1. The summed E-state index contributed by atoms with van der Waals surface area (Å²) in [4.78, 5) is 11.4. The Balaban J connectivity index is 2.95. The van der Waals surface area contributed by atoms with Crippen molar-refractivity contribution < 1.29 is 9.90 Å². The van der Waals surface area contributed by atoms with Gasteiger partial charge in [0.15, 0.2) is 0 Å². The SMILES string of the molecule is Cc1cc(C(C)(C)C)cc(C)c1CNC(=O)C(C)O. The third kappa shape index (κ3) is 4.06. The monoisotopic (exact) mass is 263 g/mol. The maximum absolute atomic E-state index is 11.4. The van der Waals surface area contributed by atoms with Crippen molar-refractivity contribution in [2.75, 3.05) is 0 Å². The van der Waals surface area contributed by atoms with E-state index in [1.165, 1.54) is 23.6 Å². The smallest absolute Gasteiger partial charge is 0.248 e. The molecule has 2 N–H and O–H groups in total. The van der Waals surface area contributed by atoms with Crippen LogP contribution >= 0.6 is 0 Å². The van der Waals surface area contributed by atoms with Crippen LogP contribution in [0.15, 0.2) is 12.1 Å². The third-order valence-electron chi connectivity index (χ3n) is 3.38. The van der Waals surface area contributed by atoms with Gasteiger partial charge in [0.05, 0.1) is 0 Å². The van der Waals surface area contributed by atoms with Crippen molar-refractivity contribution in [1.29, 1.82) is 0 Å². The molecular formula is C16H25NO2. The summed E-state index contributed by atoms with van der Waals surface area (Å²) in [6.45, 7) is 12.6. The molecule has 3 heteroatoms. The molecule has 1 rings (SSSR count). The predicted molar refractivity (Wildman–Crippen MR) is 78.1 cm³/mol. The van der Waals surface area contributed by atoms with Gasteiger partial charge in [0.2, 0.25) is 5.91 Å². The number of hydrogen-bond donors (Lipinski definition) is 2. The second-order valence-corrected chi connectivity index (χ2v) is 6.23. The number of aryl methyl sites for hydroxylation is 2. The van der Waals surface area contributed by atoms with Gasteiger partial charge in [-0.05, 0) is 48.4 Å². The highest BCUT2D eigenvalue weighted by atomic mass is 16.3. The number of aliphatic hydroxyl groups is 1. The standard InChI is InChI=1S/C16H25NO2/c1-10-7-13(16(4,5)6)8-11(2)14(10)9-17-15(19)12(3)18/h7-8,12,18H,9H2,1-6H3,(H,17,19). The van der Waals surface area contributed by atoms with Crippen LogP contribution in [0, 0.1) is 13.8 Å². The van der Waals surface area contributed by atoms with Gasteiger partial charge in [0.25, 0.3) is 0 Å². The molecule has 0 bridgehead atoms. The maximum Gasteiger partial charge on any atom is 0.248 e. The molecule has 0 heterocycles. The number of hydrogen-bond acceptors (Lipinski definition) is 2. The van der Waals surface area contributed by atoms with Crippen LogP contribution in [0.2, 0.25) is 0 Å². The molecule has 3 nitrogen and oxygen atoms in total. The van der Waals surface area contributed by atoms with Crippen LogP contribution < -0.4 is 5.32 Å². The normalized spacial score (nSPS) is 13.2. The van der Waals surface area contributed by atoms with Crippen LogP contribution in [0.3, 0.4) is 0 Å². The number of carbonyl (C=O) groups is 1. The first-order valence-corrected chi connectivity index (χ1v) is 6.69. The Labute approximate surface area is 116 Å². The van der Waals surface area contributed by atoms with Crippen molar-refractivity contribution in [2.45, 2.75) is 59.6 Å². The van der Waals surface area contributed by atoms with Crippen molar-refractivity contribution in [1.82, 2.24) is 5.32 Å². The zero-order valence-electron chi connectivity index (χ0n) is 12.8. The molecule has 1 amide bonds. The van der Waals surface area contributed by atoms with E-state index in [4.69, 9.17) is 0 Å². The summed E-state index contributed by atoms with van der Waals surface area (Å²) in [5.74, 6) is -0.335. The van der Waals surface area contributed by atoms with E-state index >= 15 is 0 Å². The Hall–Kier alpha value is -1.35. The van der Waals surface area contributed by atoms with E-state index in [1.807, 2.05) is 0 Å². The van der Waals surface area contributed by atoms with E-state index in [1.54, 1.807) is 0 Å². The first kappa shape index (κ1) is 15.7. The molecule has 0 aliphatic rings. The first-order valence-electron chi connectivity index (χ1n) is 6.69. The molecule has 0 spiro atoms. The van der Waals surface area contributed by atoms with Crippen molar-refractivity contribution in [3.05, 3.63) is 34.4 Å². The lowest BCUT2D eigenvalue weighted by Gasteiger charge is -2.22. The minimum absolute atomic E-state index is 0.122. The molecule has 0 fully saturated rings. The zero-order valence-corrected chi connectivity index (χ0v) is 12.8. The quantitative estimate of drug-likeness (QED) is 0.880. The summed E-state index contributed by atoms with van der Waals surface area (Å²) in [5, 5.41) is 11.9. The number of carbonyl (C=O) groups excluding carboxylic acids is 1. The van der Waals surface area contributed by atoms with E-state index in [9.17, 15) is 9.90 Å². The molecule has 0 saturated carbocycles. The number of rotatable bonds is 3. The lowest BCUT2D eigenvalue weighted by molar-refractivity contribution is -0.128. The van der Waals surface area contributed by atoms with Crippen LogP contribution in [-0.4, -0.2) is 17.1 Å². The van der Waals surface area contributed by atoms with Crippen molar-refractivity contribution in [3.8, 4) is 0 Å². The third-order valence-corrected chi connectivity index (χ3v) is 3.38. The molecule has 1 aromatic carbocycles. The predicted octanol–water partition coefficient (Wildman–Crippen LogP) is 2.60. The van der Waals surface area contributed by atoms with Crippen LogP contribution in [0.25, 0.3) is 0 Å². The molecule has 0 radical (unpaired) electrons. The zero-order chi connectivity index (χ0) is 14.8. The molecule has 1 aromatic rings. The lowest BCUT2D eigenvalue weighted by atomic mass is 9.84. The van der Waals surface area contributed by atoms with Crippen LogP contribution in [0.1, 0.15) is 49.9 Å². The van der Waals surface area contributed by atoms with Crippen LogP contribution in [-0.2, 0) is 16.8 Å². The van der Waals surface area contributed by atoms with E-state index in [2.05, 4.69) is 52.1 Å². The summed E-state index contributed by atoms with van der Waals surface area (Å²) in [6, 6.07) is 4.35. The number of benzene rings is 1. The Bertz CT molecular complexity index is 447. The minimum atomic E-state index is -0.963. The Morgan fingerprint density at radius 1 is 1.26 bits per heavy atom. The number of aliphatic hydroxyl groups excluding tert-OH is 1. The van der Waals surface area contributed by atoms with Gasteiger partial charge in [-0.25, -0.2) is 0 Å². The molecule has 0 aliphatic carbocycles. The Morgan fingerprint density at radius 2 is 1.74 bits per heavy atom. The highest BCUT2D eigenvalue weighted by Crippen LogP contribution is 2.26. The van der Waals surface area contributed by atoms with Gasteiger partial charge in [-0.3, -0.25) is 4.79 Å². The molecule has 1 atom stereocenters. The van der Waals surface area contributed by atoms with Gasteiger partial charge in [-0.1, -0.05) is 32.9 Å². The van der Waals surface area contributed by atoms with E-state index in [0.29, 0.717) is 6.54 Å². The molecule has 19 heavy (non-hydrogen) atoms. The Kier molecular flexibility index (Phi) is 4.75. The maximum atomic E-state index is 11.4. The van der Waals surface area contributed by atoms with Gasteiger partial charge < -0.3 is 10.4 Å². The molecular weight excluding hydrogens is 238 g/mol. The highest BCUT2D eigenvalue weighted by Gasteiger charge is 2.17. The van der Waals surface area contributed by atoms with E-state index < -0.39 is 6.10 Å². The van der Waals surface area contributed by atoms with Gasteiger partial charge in [0.1, 0.15) is 6.10 Å². The van der Waals surface area contributed by atoms with Gasteiger partial charge in [-0.2, -0.15) is 0 Å². The molecule has 0 aromatic heterocycles. The minimum Gasteiger partial charge on any atom is -0.384 e. The van der Waals surface area contributed by atoms with Crippen molar-refractivity contribution >= 4 is 5.91 Å². The topological polar surface area (TPSA) is 49.3 Å². The summed E-state index contributed by atoms with van der Waals surface area (Å²) in [5.41, 5.74) is 4.90. The van der Waals surface area contributed by atoms with Gasteiger partial charge in [0, 0.05) is 6.54 Å². The fourth-order valence-electron chi connectivity index (χ4n) is 2.03. The second-order valence-electron chi connectivity index (χ2n) is 6.23. The van der Waals surface area contributed by atoms with Crippen LogP contribution in [0.4, 0.5) is 0 Å². The highest BCUT2D eigenvalue weighted by molar-refractivity contribution is 5.80. The molecule has 0 aliphatic heterocycles. The average molecular weight is 263 g/mol. The molecule has 1 unspecified atom stereocenters. The lowest BCUT2D eigenvalue weighted by Crippen LogP contribution is -2.32. The molecule has 106 valence electrons. The van der Waals surface area contributed by atoms with Crippen molar-refractivity contribution in [3.63, 3.8) is 0 Å². The largest absolute Gasteiger partial charge is 0.384 e. The second kappa shape index (κ2) is 5.74. The summed E-state index contributed by atoms with van der Waals surface area (Å²) < 4.78 is 0. The van der Waals surface area contributed by atoms with E-state index in [-0.39, 0.29) is 11.3 Å². The van der Waals surface area contributed by atoms with Gasteiger partial charge >= 0.3 is 0 Å². The number of nitrogens with one attached hydrogen (secondary N) is 1. The summed E-state index contributed by atoms with van der Waals surface area (Å²) in [7, 11) is 0. The summed E-state index contributed by atoms with van der Waals surface area (Å²) in [6.07, 6.45) is -0.963. The fourth-order valence-corrected chi connectivity index (χ4v) is 2.03. The first-order chi connectivity index (χ1) is 8.62.